The van der Waals surface area contributed by atoms with Crippen LogP contribution in [0, 0.1) is 20.2 Å². The molecule has 1 aromatic heterocycles. The molecule has 0 fully saturated rings. The highest BCUT2D eigenvalue weighted by molar-refractivity contribution is 6.34. The molecule has 25 heavy (non-hydrogen) atoms. The number of aromatic nitrogens is 3. The van der Waals surface area contributed by atoms with Crippen molar-refractivity contribution in [3.05, 3.63) is 55.3 Å². The second kappa shape index (κ2) is 7.44. The highest BCUT2D eigenvalue weighted by atomic mass is 35.5. The number of rotatable bonds is 6. The standard InChI is InChI=1S/C12H10ClN7O5/c1-7(5-18-6-14-12(17-18)20(24)25)15-16-11(21)9-3-2-8(19(22)23)4-10(9)13/h2-4,6H,5H2,1H3,(H,16,21)/b15-7-. The summed E-state index contributed by atoms with van der Waals surface area (Å²) in [5, 5.41) is 28.5. The molecule has 0 unspecified atom stereocenters. The van der Waals surface area contributed by atoms with Crippen LogP contribution in [-0.2, 0) is 6.54 Å². The van der Waals surface area contributed by atoms with Gasteiger partial charge < -0.3 is 10.1 Å². The van der Waals surface area contributed by atoms with Gasteiger partial charge in [-0.05, 0) is 17.9 Å². The highest BCUT2D eigenvalue weighted by Gasteiger charge is 2.15. The molecule has 0 saturated carbocycles. The lowest BCUT2D eigenvalue weighted by Gasteiger charge is -2.04. The number of carbonyl (C=O) groups is 1. The van der Waals surface area contributed by atoms with Crippen LogP contribution in [0.3, 0.4) is 0 Å². The largest absolute Gasteiger partial charge is 0.490 e. The molecule has 0 radical (unpaired) electrons. The zero-order valence-corrected chi connectivity index (χ0v) is 13.4. The van der Waals surface area contributed by atoms with E-state index in [0.717, 1.165) is 18.5 Å². The number of nitro groups is 2. The molecule has 1 aromatic carbocycles. The number of hydrogen-bond acceptors (Lipinski definition) is 8. The molecule has 0 bridgehead atoms. The zero-order chi connectivity index (χ0) is 18.6. The van der Waals surface area contributed by atoms with Crippen LogP contribution in [0.15, 0.2) is 29.6 Å². The first-order valence-corrected chi connectivity index (χ1v) is 6.97. The minimum absolute atomic E-state index is 0.0141. The summed E-state index contributed by atoms with van der Waals surface area (Å²) >= 11 is 5.85. The molecule has 0 spiro atoms. The van der Waals surface area contributed by atoms with Gasteiger partial charge in [0.2, 0.25) is 6.33 Å². The van der Waals surface area contributed by atoms with Crippen LogP contribution in [0.5, 0.6) is 0 Å². The molecular formula is C12H10ClN7O5. The molecule has 1 heterocycles. The average Bonchev–Trinajstić information content (AvgIpc) is 3.01. The Hall–Kier alpha value is -3.41. The summed E-state index contributed by atoms with van der Waals surface area (Å²) in [6.07, 6.45) is 1.16. The summed E-state index contributed by atoms with van der Waals surface area (Å²) in [5.74, 6) is -1.21. The van der Waals surface area contributed by atoms with Crippen LogP contribution in [0.4, 0.5) is 11.6 Å². The van der Waals surface area contributed by atoms with Gasteiger partial charge in [0.15, 0.2) is 0 Å². The Morgan fingerprint density at radius 1 is 1.36 bits per heavy atom. The van der Waals surface area contributed by atoms with Crippen molar-refractivity contribution in [1.82, 2.24) is 20.2 Å². The van der Waals surface area contributed by atoms with Gasteiger partial charge in [-0.25, -0.2) is 5.43 Å². The number of carbonyl (C=O) groups excluding carboxylic acids is 1. The molecule has 12 nitrogen and oxygen atoms in total. The van der Waals surface area contributed by atoms with E-state index in [1.165, 1.54) is 10.7 Å². The van der Waals surface area contributed by atoms with E-state index in [4.69, 9.17) is 11.6 Å². The summed E-state index contributed by atoms with van der Waals surface area (Å²) in [6, 6.07) is 3.41. The van der Waals surface area contributed by atoms with Crippen molar-refractivity contribution in [2.24, 2.45) is 5.10 Å². The fourth-order valence-electron chi connectivity index (χ4n) is 1.72. The van der Waals surface area contributed by atoms with Crippen LogP contribution in [-0.4, -0.2) is 36.2 Å². The van der Waals surface area contributed by atoms with E-state index < -0.39 is 21.7 Å². The first-order chi connectivity index (χ1) is 11.8. The van der Waals surface area contributed by atoms with Gasteiger partial charge in [-0.2, -0.15) is 9.78 Å². The Labute approximate surface area is 144 Å². The minimum Gasteiger partial charge on any atom is -0.390 e. The molecule has 13 heteroatoms. The van der Waals surface area contributed by atoms with Crippen molar-refractivity contribution in [3.8, 4) is 0 Å². The molecule has 0 atom stereocenters. The maximum Gasteiger partial charge on any atom is 0.490 e. The van der Waals surface area contributed by atoms with Gasteiger partial charge in [0.05, 0.1) is 27.8 Å². The molecule has 0 saturated heterocycles. The van der Waals surface area contributed by atoms with Gasteiger partial charge in [0, 0.05) is 17.2 Å². The third kappa shape index (κ3) is 4.54. The summed E-state index contributed by atoms with van der Waals surface area (Å²) in [6.45, 7) is 1.63. The molecule has 2 rings (SSSR count). The first kappa shape index (κ1) is 17.9. The molecule has 130 valence electrons. The Morgan fingerprint density at radius 2 is 2.08 bits per heavy atom. The van der Waals surface area contributed by atoms with Crippen molar-refractivity contribution >= 4 is 34.9 Å². The number of benzene rings is 1. The molecule has 1 N–H and O–H groups in total. The van der Waals surface area contributed by atoms with E-state index in [1.54, 1.807) is 6.92 Å². The predicted molar refractivity (Wildman–Crippen MR) is 85.4 cm³/mol. The van der Waals surface area contributed by atoms with E-state index >= 15 is 0 Å². The summed E-state index contributed by atoms with van der Waals surface area (Å²) in [5.41, 5.74) is 2.39. The molecule has 0 aliphatic heterocycles. The lowest BCUT2D eigenvalue weighted by Crippen LogP contribution is -2.21. The zero-order valence-electron chi connectivity index (χ0n) is 12.6. The van der Waals surface area contributed by atoms with Gasteiger partial charge in [-0.3, -0.25) is 14.9 Å². The smallest absolute Gasteiger partial charge is 0.390 e. The van der Waals surface area contributed by atoms with E-state index in [1.807, 2.05) is 0 Å². The summed E-state index contributed by atoms with van der Waals surface area (Å²) in [7, 11) is 0. The van der Waals surface area contributed by atoms with Crippen molar-refractivity contribution in [2.75, 3.05) is 0 Å². The number of nitro benzene ring substituents is 1. The maximum atomic E-state index is 12.0. The fraction of sp³-hybridized carbons (Fsp3) is 0.167. The third-order valence-corrected chi connectivity index (χ3v) is 3.15. The fourth-order valence-corrected chi connectivity index (χ4v) is 1.98. The normalized spacial score (nSPS) is 11.2. The maximum absolute atomic E-state index is 12.0. The molecule has 0 aliphatic carbocycles. The number of nitrogens with zero attached hydrogens (tertiary/aromatic N) is 6. The van der Waals surface area contributed by atoms with Gasteiger partial charge in [0.25, 0.3) is 11.6 Å². The number of non-ortho nitro benzene ring substituents is 1. The number of halogens is 1. The third-order valence-electron chi connectivity index (χ3n) is 2.83. The highest BCUT2D eigenvalue weighted by Crippen LogP contribution is 2.22. The average molecular weight is 368 g/mol. The van der Waals surface area contributed by atoms with E-state index in [0.29, 0.717) is 5.71 Å². The van der Waals surface area contributed by atoms with Gasteiger partial charge in [0.1, 0.15) is 0 Å². The topological polar surface area (TPSA) is 158 Å². The van der Waals surface area contributed by atoms with Crippen molar-refractivity contribution in [2.45, 2.75) is 13.5 Å². The number of hydrogen-bond donors (Lipinski definition) is 1. The van der Waals surface area contributed by atoms with Gasteiger partial charge in [-0.1, -0.05) is 16.6 Å². The number of nitrogens with one attached hydrogen (secondary N) is 1. The monoisotopic (exact) mass is 367 g/mol. The second-order valence-electron chi connectivity index (χ2n) is 4.71. The van der Waals surface area contributed by atoms with E-state index in [2.05, 4.69) is 20.6 Å². The SMILES string of the molecule is C/C(Cn1cnc([N+](=O)[O-])n1)=N/NC(=O)c1ccc([N+](=O)[O-])cc1Cl. The number of amides is 1. The Bertz CT molecular complexity index is 878. The summed E-state index contributed by atoms with van der Waals surface area (Å²) in [4.78, 5) is 35.2. The van der Waals surface area contributed by atoms with E-state index in [-0.39, 0.29) is 22.8 Å². The van der Waals surface area contributed by atoms with Gasteiger partial charge >= 0.3 is 5.95 Å². The van der Waals surface area contributed by atoms with Crippen LogP contribution in [0.25, 0.3) is 0 Å². The molecular weight excluding hydrogens is 358 g/mol. The van der Waals surface area contributed by atoms with Crippen LogP contribution >= 0.6 is 11.6 Å². The Morgan fingerprint density at radius 3 is 2.64 bits per heavy atom. The lowest BCUT2D eigenvalue weighted by atomic mass is 10.2. The Balaban J connectivity index is 2.03. The van der Waals surface area contributed by atoms with E-state index in [9.17, 15) is 25.0 Å². The van der Waals surface area contributed by atoms with Crippen LogP contribution in [0.2, 0.25) is 5.02 Å². The van der Waals surface area contributed by atoms with Crippen molar-refractivity contribution < 1.29 is 14.6 Å². The lowest BCUT2D eigenvalue weighted by molar-refractivity contribution is -0.394. The second-order valence-corrected chi connectivity index (χ2v) is 5.12. The van der Waals surface area contributed by atoms with Crippen LogP contribution < -0.4 is 5.43 Å². The first-order valence-electron chi connectivity index (χ1n) is 6.59. The van der Waals surface area contributed by atoms with Crippen molar-refractivity contribution in [1.29, 1.82) is 0 Å². The molecule has 2 aromatic rings. The number of hydrazone groups is 1. The molecule has 1 amide bonds. The van der Waals surface area contributed by atoms with Crippen LogP contribution in [0.1, 0.15) is 17.3 Å². The quantitative estimate of drug-likeness (QED) is 0.460. The molecule has 0 aliphatic rings. The minimum atomic E-state index is -0.735. The van der Waals surface area contributed by atoms with Gasteiger partial charge in [-0.15, -0.1) is 0 Å². The summed E-state index contributed by atoms with van der Waals surface area (Å²) < 4.78 is 1.18. The van der Waals surface area contributed by atoms with Crippen molar-refractivity contribution in [3.63, 3.8) is 0 Å². The Kier molecular flexibility index (Phi) is 5.34. The predicted octanol–water partition coefficient (Wildman–Crippen LogP) is 1.55.